The van der Waals surface area contributed by atoms with E-state index in [-0.39, 0.29) is 17.7 Å². The quantitative estimate of drug-likeness (QED) is 0.180. The van der Waals surface area contributed by atoms with Crippen molar-refractivity contribution in [2.75, 3.05) is 13.1 Å². The van der Waals surface area contributed by atoms with Crippen LogP contribution in [0.5, 0.6) is 0 Å². The van der Waals surface area contributed by atoms with Gasteiger partial charge in [0.25, 0.3) is 6.43 Å². The number of piperidine rings is 1. The fraction of sp³-hybridized carbons (Fsp3) is 0.333. The lowest BCUT2D eigenvalue weighted by Gasteiger charge is -2.34. The minimum Gasteiger partial charge on any atom is -0.299 e. The Morgan fingerprint density at radius 3 is 2.33 bits per heavy atom. The molecule has 1 fully saturated rings. The summed E-state index contributed by atoms with van der Waals surface area (Å²) >= 11 is 0. The molecule has 0 N–H and O–H groups in total. The second-order valence-electron chi connectivity index (χ2n) is 11.8. The number of hydrogen-bond acceptors (Lipinski definition) is 1. The first-order valence-electron chi connectivity index (χ1n) is 15.1. The maximum atomic E-state index is 14.1. The molecule has 4 heteroatoms. The Labute approximate surface area is 255 Å². The molecule has 3 aromatic carbocycles. The molecule has 3 aromatic rings. The van der Waals surface area contributed by atoms with E-state index in [1.54, 1.807) is 12.1 Å². The third-order valence-corrected chi connectivity index (χ3v) is 8.28. The average molecular weight is 582 g/mol. The van der Waals surface area contributed by atoms with Gasteiger partial charge in [-0.25, -0.2) is 4.39 Å². The number of allylic oxidation sites excluding steroid dienone is 4. The van der Waals surface area contributed by atoms with Gasteiger partial charge in [-0.1, -0.05) is 84.8 Å². The van der Waals surface area contributed by atoms with Crippen LogP contribution < -0.4 is 0 Å². The standard InChI is InChI=1S/C39H42F3N/c1-27(2)13-16-38(34-10-8-11-35(40)25-34)37-17-14-31(23-29(37)4)26-43-21-19-32(20-22-43)33(15-18-39(41)42)24-30(5)36-12-7-6-9-28(36)3/h6-12,14,16-17,23-25,32-33,39H,1,13,19-22,26H2,2-5H3/b30-24?,38-16-. The number of benzene rings is 3. The molecule has 0 saturated carbocycles. The van der Waals surface area contributed by atoms with Gasteiger partial charge in [0.15, 0.2) is 0 Å². The van der Waals surface area contributed by atoms with Crippen LogP contribution in [-0.2, 0) is 6.54 Å². The molecule has 0 amide bonds. The fourth-order valence-corrected chi connectivity index (χ4v) is 6.00. The van der Waals surface area contributed by atoms with Gasteiger partial charge in [0.1, 0.15) is 5.82 Å². The van der Waals surface area contributed by atoms with E-state index in [0.29, 0.717) is 0 Å². The summed E-state index contributed by atoms with van der Waals surface area (Å²) in [5, 5.41) is 0. The SMILES string of the molecule is C=C(C)C/C=C(/c1cccc(F)c1)c1ccc(CN2CCC(C(C#CC(F)F)C=C(C)c3ccccc3C)CC2)cc1C. The predicted molar refractivity (Wildman–Crippen MR) is 174 cm³/mol. The maximum Gasteiger partial charge on any atom is 0.298 e. The smallest absolute Gasteiger partial charge is 0.298 e. The second-order valence-corrected chi connectivity index (χ2v) is 11.8. The zero-order valence-electron chi connectivity index (χ0n) is 25.8. The van der Waals surface area contributed by atoms with E-state index in [9.17, 15) is 13.2 Å². The molecule has 0 aliphatic carbocycles. The van der Waals surface area contributed by atoms with Crippen LogP contribution >= 0.6 is 0 Å². The van der Waals surface area contributed by atoms with Crippen molar-refractivity contribution in [3.63, 3.8) is 0 Å². The Morgan fingerprint density at radius 2 is 1.67 bits per heavy atom. The number of nitrogens with zero attached hydrogens (tertiary/aromatic N) is 1. The summed E-state index contributed by atoms with van der Waals surface area (Å²) in [6.07, 6.45) is 4.14. The summed E-state index contributed by atoms with van der Waals surface area (Å²) in [4.78, 5) is 2.44. The Hall–Kier alpha value is -3.81. The molecule has 4 rings (SSSR count). The summed E-state index contributed by atoms with van der Waals surface area (Å²) in [7, 11) is 0. The van der Waals surface area contributed by atoms with Crippen LogP contribution in [0, 0.1) is 43.3 Å². The number of likely N-dealkylation sites (tertiary alicyclic amines) is 1. The van der Waals surface area contributed by atoms with Crippen LogP contribution in [0.2, 0.25) is 0 Å². The first kappa shape index (κ1) is 32.1. The lowest BCUT2D eigenvalue weighted by atomic mass is 9.82. The van der Waals surface area contributed by atoms with Crippen molar-refractivity contribution in [3.05, 3.63) is 130 Å². The molecule has 0 spiro atoms. The molecular formula is C39H42F3N. The molecule has 0 aromatic heterocycles. The molecule has 0 bridgehead atoms. The largest absolute Gasteiger partial charge is 0.299 e. The Kier molecular flexibility index (Phi) is 11.3. The average Bonchev–Trinajstić information content (AvgIpc) is 2.97. The van der Waals surface area contributed by atoms with E-state index in [2.05, 4.69) is 79.7 Å². The topological polar surface area (TPSA) is 3.24 Å². The van der Waals surface area contributed by atoms with Gasteiger partial charge in [-0.15, -0.1) is 0 Å². The van der Waals surface area contributed by atoms with Gasteiger partial charge >= 0.3 is 0 Å². The highest BCUT2D eigenvalue weighted by molar-refractivity contribution is 5.81. The molecule has 1 atom stereocenters. The third kappa shape index (κ3) is 9.09. The van der Waals surface area contributed by atoms with Gasteiger partial charge in [0.05, 0.1) is 0 Å². The molecule has 1 aliphatic heterocycles. The van der Waals surface area contributed by atoms with Gasteiger partial charge in [-0.3, -0.25) is 4.90 Å². The van der Waals surface area contributed by atoms with E-state index in [1.165, 1.54) is 17.2 Å². The van der Waals surface area contributed by atoms with E-state index < -0.39 is 6.43 Å². The van der Waals surface area contributed by atoms with Crippen LogP contribution in [0.25, 0.3) is 11.1 Å². The Morgan fingerprint density at radius 1 is 0.930 bits per heavy atom. The molecular weight excluding hydrogens is 539 g/mol. The first-order valence-corrected chi connectivity index (χ1v) is 15.1. The second kappa shape index (κ2) is 15.1. The normalized spacial score (nSPS) is 15.7. The zero-order valence-corrected chi connectivity index (χ0v) is 25.8. The molecule has 1 unspecified atom stereocenters. The van der Waals surface area contributed by atoms with Crippen molar-refractivity contribution in [2.45, 2.75) is 59.9 Å². The van der Waals surface area contributed by atoms with Gasteiger partial charge in [-0.05, 0) is 129 Å². The van der Waals surface area contributed by atoms with E-state index in [0.717, 1.165) is 77.9 Å². The zero-order chi connectivity index (χ0) is 30.9. The monoisotopic (exact) mass is 581 g/mol. The Bertz CT molecular complexity index is 1540. The number of halogens is 3. The van der Waals surface area contributed by atoms with Crippen LogP contribution in [0.1, 0.15) is 66.5 Å². The molecule has 1 saturated heterocycles. The molecule has 1 aliphatic rings. The van der Waals surface area contributed by atoms with Crippen molar-refractivity contribution < 1.29 is 13.2 Å². The van der Waals surface area contributed by atoms with Crippen molar-refractivity contribution >= 4 is 11.1 Å². The van der Waals surface area contributed by atoms with E-state index in [1.807, 2.05) is 32.0 Å². The summed E-state index contributed by atoms with van der Waals surface area (Å²) in [6, 6.07) is 21.4. The molecule has 43 heavy (non-hydrogen) atoms. The van der Waals surface area contributed by atoms with Crippen LogP contribution in [-0.4, -0.2) is 24.4 Å². The van der Waals surface area contributed by atoms with Gasteiger partial charge in [0, 0.05) is 12.5 Å². The number of hydrogen-bond donors (Lipinski definition) is 0. The molecule has 224 valence electrons. The summed E-state index contributed by atoms with van der Waals surface area (Å²) < 4.78 is 40.2. The van der Waals surface area contributed by atoms with Gasteiger partial charge in [0.2, 0.25) is 0 Å². The maximum absolute atomic E-state index is 14.1. The minimum absolute atomic E-state index is 0.204. The highest BCUT2D eigenvalue weighted by Crippen LogP contribution is 2.32. The highest BCUT2D eigenvalue weighted by Gasteiger charge is 2.25. The highest BCUT2D eigenvalue weighted by atomic mass is 19.3. The van der Waals surface area contributed by atoms with Gasteiger partial charge < -0.3 is 0 Å². The summed E-state index contributed by atoms with van der Waals surface area (Å²) in [5.74, 6) is 4.83. The fourth-order valence-electron chi connectivity index (χ4n) is 6.00. The molecule has 0 radical (unpaired) electrons. The van der Waals surface area contributed by atoms with Crippen molar-refractivity contribution in [2.24, 2.45) is 11.8 Å². The van der Waals surface area contributed by atoms with E-state index >= 15 is 0 Å². The van der Waals surface area contributed by atoms with Crippen LogP contribution in [0.4, 0.5) is 13.2 Å². The van der Waals surface area contributed by atoms with Gasteiger partial charge in [-0.2, -0.15) is 8.78 Å². The number of alkyl halides is 2. The van der Waals surface area contributed by atoms with Crippen molar-refractivity contribution in [1.82, 2.24) is 4.90 Å². The minimum atomic E-state index is -2.63. The first-order chi connectivity index (χ1) is 20.6. The van der Waals surface area contributed by atoms with E-state index in [4.69, 9.17) is 0 Å². The lowest BCUT2D eigenvalue weighted by Crippen LogP contribution is -2.35. The summed E-state index contributed by atoms with van der Waals surface area (Å²) in [6.45, 7) is 14.9. The lowest BCUT2D eigenvalue weighted by molar-refractivity contribution is 0.166. The number of aryl methyl sites for hydroxylation is 2. The van der Waals surface area contributed by atoms with Crippen molar-refractivity contribution in [3.8, 4) is 11.8 Å². The van der Waals surface area contributed by atoms with Crippen molar-refractivity contribution in [1.29, 1.82) is 0 Å². The van der Waals surface area contributed by atoms with Crippen LogP contribution in [0.15, 0.2) is 91.0 Å². The summed E-state index contributed by atoms with van der Waals surface area (Å²) in [5.41, 5.74) is 9.76. The predicted octanol–water partition coefficient (Wildman–Crippen LogP) is 10.0. The molecule has 1 nitrogen and oxygen atoms in total. The van der Waals surface area contributed by atoms with Crippen LogP contribution in [0.3, 0.4) is 0 Å². The number of rotatable bonds is 9. The Balaban J connectivity index is 1.46. The third-order valence-electron chi connectivity index (χ3n) is 8.28. The molecule has 1 heterocycles.